The van der Waals surface area contributed by atoms with Crippen LogP contribution in [0.4, 0.5) is 0 Å². The molecule has 1 aromatic carbocycles. The minimum absolute atomic E-state index is 0.111. The van der Waals surface area contributed by atoms with Crippen LogP contribution in [0.3, 0.4) is 0 Å². The molecule has 0 spiro atoms. The van der Waals surface area contributed by atoms with Gasteiger partial charge in [0.15, 0.2) is 0 Å². The molecule has 0 fully saturated rings. The van der Waals surface area contributed by atoms with E-state index in [9.17, 15) is 0 Å². The molecule has 0 aliphatic carbocycles. The third-order valence-corrected chi connectivity index (χ3v) is 3.30. The second-order valence-electron chi connectivity index (χ2n) is 4.38. The Balaban J connectivity index is 2.12. The topological polar surface area (TPSA) is 34.1 Å². The number of aromatic nitrogens is 1. The molecule has 0 saturated carbocycles. The third kappa shape index (κ3) is 1.87. The Bertz CT molecular complexity index is 587. The standard InChI is InChI=1S/C15H16N2O/c1-16-15(14-7-4-10-18-14)12-8-9-17-13-6-3-2-5-11(12)13/h2-3,5-9,15-16H,4,10H2,1H3. The summed E-state index contributed by atoms with van der Waals surface area (Å²) in [5.74, 6) is 1.02. The van der Waals surface area contributed by atoms with Crippen LogP contribution in [-0.2, 0) is 4.74 Å². The van der Waals surface area contributed by atoms with Crippen molar-refractivity contribution in [1.82, 2.24) is 10.3 Å². The number of pyridine rings is 1. The molecule has 1 aliphatic heterocycles. The molecule has 18 heavy (non-hydrogen) atoms. The first kappa shape index (κ1) is 11.2. The molecule has 0 radical (unpaired) electrons. The molecule has 0 saturated heterocycles. The molecule has 2 aromatic rings. The first-order chi connectivity index (χ1) is 8.90. The van der Waals surface area contributed by atoms with Gasteiger partial charge >= 0.3 is 0 Å². The molecular formula is C15H16N2O. The van der Waals surface area contributed by atoms with Crippen LogP contribution in [0.25, 0.3) is 10.9 Å². The van der Waals surface area contributed by atoms with Crippen molar-refractivity contribution < 1.29 is 4.74 Å². The Kier molecular flexibility index (Phi) is 2.99. The molecule has 2 heterocycles. The van der Waals surface area contributed by atoms with Gasteiger partial charge in [0, 0.05) is 18.0 Å². The SMILES string of the molecule is CNC(C1=CCCO1)c1ccnc2ccccc12. The van der Waals surface area contributed by atoms with Gasteiger partial charge in [0.1, 0.15) is 5.76 Å². The molecule has 1 N–H and O–H groups in total. The van der Waals surface area contributed by atoms with Crippen molar-refractivity contribution in [2.75, 3.05) is 13.7 Å². The molecule has 1 unspecified atom stereocenters. The van der Waals surface area contributed by atoms with Gasteiger partial charge in [-0.1, -0.05) is 18.2 Å². The Morgan fingerprint density at radius 2 is 2.17 bits per heavy atom. The first-order valence-corrected chi connectivity index (χ1v) is 6.24. The number of likely N-dealkylation sites (N-methyl/N-ethyl adjacent to an activating group) is 1. The van der Waals surface area contributed by atoms with Gasteiger partial charge in [0.25, 0.3) is 0 Å². The van der Waals surface area contributed by atoms with Crippen molar-refractivity contribution in [3.05, 3.63) is 53.9 Å². The Labute approximate surface area is 106 Å². The lowest BCUT2D eigenvalue weighted by Crippen LogP contribution is -2.19. The maximum Gasteiger partial charge on any atom is 0.114 e. The summed E-state index contributed by atoms with van der Waals surface area (Å²) >= 11 is 0. The number of nitrogens with one attached hydrogen (secondary N) is 1. The summed E-state index contributed by atoms with van der Waals surface area (Å²) in [6.07, 6.45) is 5.02. The summed E-state index contributed by atoms with van der Waals surface area (Å²) < 4.78 is 5.69. The molecule has 1 aromatic heterocycles. The highest BCUT2D eigenvalue weighted by molar-refractivity contribution is 5.82. The number of ether oxygens (including phenoxy) is 1. The lowest BCUT2D eigenvalue weighted by molar-refractivity contribution is 0.218. The van der Waals surface area contributed by atoms with E-state index < -0.39 is 0 Å². The highest BCUT2D eigenvalue weighted by Gasteiger charge is 2.20. The fourth-order valence-electron chi connectivity index (χ4n) is 2.46. The van der Waals surface area contributed by atoms with Crippen LogP contribution >= 0.6 is 0 Å². The maximum absolute atomic E-state index is 5.69. The molecule has 3 nitrogen and oxygen atoms in total. The molecule has 0 amide bonds. The van der Waals surface area contributed by atoms with E-state index in [0.29, 0.717) is 0 Å². The Morgan fingerprint density at radius 1 is 1.28 bits per heavy atom. The van der Waals surface area contributed by atoms with E-state index in [1.54, 1.807) is 0 Å². The van der Waals surface area contributed by atoms with Gasteiger partial charge in [-0.15, -0.1) is 0 Å². The highest BCUT2D eigenvalue weighted by Crippen LogP contribution is 2.30. The van der Waals surface area contributed by atoms with E-state index in [1.807, 2.05) is 31.4 Å². The first-order valence-electron chi connectivity index (χ1n) is 6.24. The van der Waals surface area contributed by atoms with Crippen LogP contribution < -0.4 is 5.32 Å². The average molecular weight is 240 g/mol. The second kappa shape index (κ2) is 4.78. The maximum atomic E-state index is 5.69. The van der Waals surface area contributed by atoms with Gasteiger partial charge in [-0.3, -0.25) is 4.98 Å². The minimum Gasteiger partial charge on any atom is -0.496 e. The predicted molar refractivity (Wildman–Crippen MR) is 72.2 cm³/mol. The average Bonchev–Trinajstić information content (AvgIpc) is 2.94. The smallest absolute Gasteiger partial charge is 0.114 e. The largest absolute Gasteiger partial charge is 0.496 e. The van der Waals surface area contributed by atoms with Crippen LogP contribution in [-0.4, -0.2) is 18.6 Å². The normalized spacial score (nSPS) is 16.4. The van der Waals surface area contributed by atoms with Gasteiger partial charge in [-0.2, -0.15) is 0 Å². The van der Waals surface area contributed by atoms with E-state index in [4.69, 9.17) is 4.74 Å². The van der Waals surface area contributed by atoms with Gasteiger partial charge in [-0.05, 0) is 30.8 Å². The number of nitrogens with zero attached hydrogens (tertiary/aromatic N) is 1. The predicted octanol–water partition coefficient (Wildman–Crippen LogP) is 2.80. The molecule has 3 heteroatoms. The van der Waals surface area contributed by atoms with Gasteiger partial charge in [0.2, 0.25) is 0 Å². The lowest BCUT2D eigenvalue weighted by Gasteiger charge is -2.19. The number of para-hydroxylation sites is 1. The fourth-order valence-corrected chi connectivity index (χ4v) is 2.46. The highest BCUT2D eigenvalue weighted by atomic mass is 16.5. The number of hydrogen-bond acceptors (Lipinski definition) is 3. The number of rotatable bonds is 3. The minimum atomic E-state index is 0.111. The molecule has 1 aliphatic rings. The Hall–Kier alpha value is -1.87. The van der Waals surface area contributed by atoms with Crippen LogP contribution in [0.15, 0.2) is 48.4 Å². The fraction of sp³-hybridized carbons (Fsp3) is 0.267. The second-order valence-corrected chi connectivity index (χ2v) is 4.38. The zero-order valence-corrected chi connectivity index (χ0v) is 10.4. The summed E-state index contributed by atoms with van der Waals surface area (Å²) in [5, 5.41) is 4.51. The van der Waals surface area contributed by atoms with Crippen molar-refractivity contribution in [1.29, 1.82) is 0 Å². The van der Waals surface area contributed by atoms with Crippen LogP contribution in [0.5, 0.6) is 0 Å². The van der Waals surface area contributed by atoms with Crippen molar-refractivity contribution in [3.63, 3.8) is 0 Å². The van der Waals surface area contributed by atoms with E-state index in [0.717, 1.165) is 24.3 Å². The summed E-state index contributed by atoms with van der Waals surface area (Å²) in [7, 11) is 1.96. The summed E-state index contributed by atoms with van der Waals surface area (Å²) in [6, 6.07) is 10.4. The molecule has 0 bridgehead atoms. The summed E-state index contributed by atoms with van der Waals surface area (Å²) in [4.78, 5) is 4.40. The van der Waals surface area contributed by atoms with Crippen LogP contribution in [0.1, 0.15) is 18.0 Å². The Morgan fingerprint density at radius 3 is 2.94 bits per heavy atom. The number of benzene rings is 1. The zero-order chi connectivity index (χ0) is 12.4. The van der Waals surface area contributed by atoms with Gasteiger partial charge < -0.3 is 10.1 Å². The molecule has 1 atom stereocenters. The van der Waals surface area contributed by atoms with Crippen LogP contribution in [0, 0.1) is 0 Å². The van der Waals surface area contributed by atoms with E-state index in [-0.39, 0.29) is 6.04 Å². The molecule has 3 rings (SSSR count). The van der Waals surface area contributed by atoms with Gasteiger partial charge in [0.05, 0.1) is 18.2 Å². The van der Waals surface area contributed by atoms with Crippen molar-refractivity contribution >= 4 is 10.9 Å². The van der Waals surface area contributed by atoms with E-state index in [2.05, 4.69) is 28.5 Å². The summed E-state index contributed by atoms with van der Waals surface area (Å²) in [6.45, 7) is 0.788. The molecule has 92 valence electrons. The van der Waals surface area contributed by atoms with Crippen molar-refractivity contribution in [2.45, 2.75) is 12.5 Å². The van der Waals surface area contributed by atoms with E-state index in [1.165, 1.54) is 10.9 Å². The number of fused-ring (bicyclic) bond motifs is 1. The van der Waals surface area contributed by atoms with E-state index >= 15 is 0 Å². The molecular weight excluding hydrogens is 224 g/mol. The van der Waals surface area contributed by atoms with Crippen LogP contribution in [0.2, 0.25) is 0 Å². The quantitative estimate of drug-likeness (QED) is 0.895. The lowest BCUT2D eigenvalue weighted by atomic mass is 10.0. The number of hydrogen-bond donors (Lipinski definition) is 1. The van der Waals surface area contributed by atoms with Crippen molar-refractivity contribution in [3.8, 4) is 0 Å². The third-order valence-electron chi connectivity index (χ3n) is 3.30. The van der Waals surface area contributed by atoms with Gasteiger partial charge in [-0.25, -0.2) is 0 Å². The zero-order valence-electron chi connectivity index (χ0n) is 10.4. The monoisotopic (exact) mass is 240 g/mol. The van der Waals surface area contributed by atoms with Crippen molar-refractivity contribution in [2.24, 2.45) is 0 Å². The summed E-state index contributed by atoms with van der Waals surface area (Å²) in [5.41, 5.74) is 2.24.